The lowest BCUT2D eigenvalue weighted by Crippen LogP contribution is -2.48. The average molecular weight is 476 g/mol. The van der Waals surface area contributed by atoms with Crippen molar-refractivity contribution in [3.05, 3.63) is 42.5 Å². The zero-order valence-electron chi connectivity index (χ0n) is 18.5. The molecule has 2 aromatic rings. The highest BCUT2D eigenvalue weighted by Crippen LogP contribution is 2.23. The van der Waals surface area contributed by atoms with E-state index in [1.807, 2.05) is 24.3 Å². The first-order valence-corrected chi connectivity index (χ1v) is 12.5. The van der Waals surface area contributed by atoms with E-state index in [0.717, 1.165) is 36.5 Å². The van der Waals surface area contributed by atoms with Gasteiger partial charge in [0.2, 0.25) is 10.0 Å². The van der Waals surface area contributed by atoms with Crippen LogP contribution in [0.25, 0.3) is 10.8 Å². The molecule has 1 saturated carbocycles. The third-order valence-electron chi connectivity index (χ3n) is 5.70. The van der Waals surface area contributed by atoms with Crippen LogP contribution < -0.4 is 15.4 Å². The van der Waals surface area contributed by atoms with Crippen molar-refractivity contribution in [2.24, 2.45) is 5.92 Å². The summed E-state index contributed by atoms with van der Waals surface area (Å²) in [5.41, 5.74) is 0. The molecule has 33 heavy (non-hydrogen) atoms. The Morgan fingerprint density at radius 1 is 1.03 bits per heavy atom. The number of rotatable bonds is 8. The molecule has 3 amide bonds. The number of esters is 1. The molecular formula is C23H29N3O6S. The summed E-state index contributed by atoms with van der Waals surface area (Å²) in [5.74, 6) is -1.16. The number of carbonyl (C=O) groups is 3. The molecule has 0 heterocycles. The molecule has 0 bridgehead atoms. The Morgan fingerprint density at radius 3 is 2.52 bits per heavy atom. The molecule has 10 heteroatoms. The van der Waals surface area contributed by atoms with E-state index >= 15 is 0 Å². The highest BCUT2D eigenvalue weighted by molar-refractivity contribution is 7.89. The second kappa shape index (κ2) is 11.2. The Kier molecular flexibility index (Phi) is 8.40. The molecule has 1 aliphatic carbocycles. The van der Waals surface area contributed by atoms with Gasteiger partial charge in [-0.3, -0.25) is 14.9 Å². The average Bonchev–Trinajstić information content (AvgIpc) is 2.78. The van der Waals surface area contributed by atoms with E-state index < -0.39 is 34.5 Å². The van der Waals surface area contributed by atoms with Crippen LogP contribution in [0.2, 0.25) is 0 Å². The number of sulfonamides is 1. The Balaban J connectivity index is 1.38. The van der Waals surface area contributed by atoms with E-state index in [9.17, 15) is 22.8 Å². The maximum absolute atomic E-state index is 12.5. The van der Waals surface area contributed by atoms with Gasteiger partial charge in [0.05, 0.1) is 11.3 Å². The number of benzene rings is 2. The quantitative estimate of drug-likeness (QED) is 0.503. The summed E-state index contributed by atoms with van der Waals surface area (Å²) >= 11 is 0. The number of imide groups is 1. The van der Waals surface area contributed by atoms with Gasteiger partial charge in [0.1, 0.15) is 0 Å². The van der Waals surface area contributed by atoms with Crippen molar-refractivity contribution >= 4 is 38.7 Å². The molecule has 1 fully saturated rings. The highest BCUT2D eigenvalue weighted by Gasteiger charge is 2.23. The lowest BCUT2D eigenvalue weighted by atomic mass is 9.86. The van der Waals surface area contributed by atoms with Gasteiger partial charge in [-0.1, -0.05) is 50.1 Å². The number of fused-ring (bicyclic) bond motifs is 1. The molecule has 1 aliphatic rings. The van der Waals surface area contributed by atoms with Gasteiger partial charge >= 0.3 is 12.0 Å². The van der Waals surface area contributed by atoms with Crippen molar-refractivity contribution in [3.63, 3.8) is 0 Å². The topological polar surface area (TPSA) is 131 Å². The smallest absolute Gasteiger partial charge is 0.321 e. The fourth-order valence-corrected chi connectivity index (χ4v) is 4.89. The number of hydrogen-bond acceptors (Lipinski definition) is 6. The summed E-state index contributed by atoms with van der Waals surface area (Å²) in [4.78, 5) is 35.7. The van der Waals surface area contributed by atoms with Crippen LogP contribution in [0.5, 0.6) is 0 Å². The third kappa shape index (κ3) is 7.26. The molecule has 2 atom stereocenters. The monoisotopic (exact) mass is 475 g/mol. The number of amides is 3. The van der Waals surface area contributed by atoms with Gasteiger partial charge in [-0.15, -0.1) is 0 Å². The molecule has 3 rings (SSSR count). The Bertz CT molecular complexity index is 1120. The maximum Gasteiger partial charge on any atom is 0.321 e. The molecular weight excluding hydrogens is 446 g/mol. The second-order valence-corrected chi connectivity index (χ2v) is 9.97. The molecule has 0 spiro atoms. The first-order valence-electron chi connectivity index (χ1n) is 11.0. The predicted octanol–water partition coefficient (Wildman–Crippen LogP) is 2.46. The van der Waals surface area contributed by atoms with Gasteiger partial charge in [0.25, 0.3) is 5.91 Å². The molecule has 9 nitrogen and oxygen atoms in total. The fraction of sp³-hybridized carbons (Fsp3) is 0.435. The normalized spacial score (nSPS) is 18.5. The number of urea groups is 1. The van der Waals surface area contributed by atoms with Gasteiger partial charge in [0, 0.05) is 12.6 Å². The first-order chi connectivity index (χ1) is 15.7. The van der Waals surface area contributed by atoms with E-state index in [1.165, 1.54) is 6.07 Å². The third-order valence-corrected chi connectivity index (χ3v) is 7.16. The number of ether oxygens (including phenoxy) is 1. The standard InChI is InChI=1S/C23H29N3O6S/c1-16-6-2-5-9-20(16)25-23(29)26-21(27)15-32-22(28)12-13-24-33(30,31)19-11-10-17-7-3-4-8-18(17)14-19/h3-4,7-8,10-11,14,16,20,24H,2,5-6,9,12-13,15H2,1H3,(H2,25,26,27,29). The SMILES string of the molecule is CC1CCCCC1NC(=O)NC(=O)COC(=O)CCNS(=O)(=O)c1ccc2ccccc2c1. The van der Waals surface area contributed by atoms with Gasteiger partial charge in [-0.2, -0.15) is 0 Å². The van der Waals surface area contributed by atoms with Crippen molar-refractivity contribution in [1.82, 2.24) is 15.4 Å². The lowest BCUT2D eigenvalue weighted by molar-refractivity contribution is -0.148. The number of carbonyl (C=O) groups excluding carboxylic acids is 3. The Hall–Kier alpha value is -2.98. The van der Waals surface area contributed by atoms with Crippen LogP contribution in [-0.4, -0.2) is 45.5 Å². The van der Waals surface area contributed by atoms with Crippen molar-refractivity contribution in [1.29, 1.82) is 0 Å². The van der Waals surface area contributed by atoms with E-state index in [4.69, 9.17) is 4.74 Å². The van der Waals surface area contributed by atoms with Crippen LogP contribution in [-0.2, 0) is 24.3 Å². The van der Waals surface area contributed by atoms with Gasteiger partial charge in [-0.25, -0.2) is 17.9 Å². The van der Waals surface area contributed by atoms with E-state index in [0.29, 0.717) is 5.92 Å². The van der Waals surface area contributed by atoms with E-state index in [1.54, 1.807) is 12.1 Å². The second-order valence-electron chi connectivity index (χ2n) is 8.21. The molecule has 0 aliphatic heterocycles. The summed E-state index contributed by atoms with van der Waals surface area (Å²) in [7, 11) is -3.80. The maximum atomic E-state index is 12.5. The van der Waals surface area contributed by atoms with Gasteiger partial charge in [0.15, 0.2) is 6.61 Å². The van der Waals surface area contributed by atoms with Gasteiger partial charge in [-0.05, 0) is 41.7 Å². The minimum atomic E-state index is -3.80. The van der Waals surface area contributed by atoms with E-state index in [2.05, 4.69) is 22.3 Å². The summed E-state index contributed by atoms with van der Waals surface area (Å²) in [6.45, 7) is 1.25. The largest absolute Gasteiger partial charge is 0.456 e. The summed E-state index contributed by atoms with van der Waals surface area (Å²) in [6, 6.07) is 11.5. The van der Waals surface area contributed by atoms with Crippen LogP contribution in [0, 0.1) is 5.92 Å². The van der Waals surface area contributed by atoms with Crippen LogP contribution in [0.15, 0.2) is 47.4 Å². The van der Waals surface area contributed by atoms with E-state index in [-0.39, 0.29) is 23.9 Å². The molecule has 3 N–H and O–H groups in total. The van der Waals surface area contributed by atoms with Crippen LogP contribution in [0.1, 0.15) is 39.0 Å². The van der Waals surface area contributed by atoms with Crippen LogP contribution >= 0.6 is 0 Å². The Labute approximate surface area is 193 Å². The van der Waals surface area contributed by atoms with Crippen molar-refractivity contribution in [2.45, 2.75) is 50.0 Å². The molecule has 2 aromatic carbocycles. The zero-order chi connectivity index (χ0) is 23.8. The zero-order valence-corrected chi connectivity index (χ0v) is 19.3. The van der Waals surface area contributed by atoms with Crippen molar-refractivity contribution in [2.75, 3.05) is 13.2 Å². The van der Waals surface area contributed by atoms with Gasteiger partial charge < -0.3 is 10.1 Å². The molecule has 0 aromatic heterocycles. The summed E-state index contributed by atoms with van der Waals surface area (Å²) < 4.78 is 32.1. The van der Waals surface area contributed by atoms with Crippen LogP contribution in [0.3, 0.4) is 0 Å². The lowest BCUT2D eigenvalue weighted by Gasteiger charge is -2.29. The predicted molar refractivity (Wildman–Crippen MR) is 123 cm³/mol. The van der Waals surface area contributed by atoms with Crippen LogP contribution in [0.4, 0.5) is 4.79 Å². The Morgan fingerprint density at radius 2 is 1.76 bits per heavy atom. The minimum absolute atomic E-state index is 0.0183. The molecule has 178 valence electrons. The highest BCUT2D eigenvalue weighted by atomic mass is 32.2. The summed E-state index contributed by atoms with van der Waals surface area (Å²) in [5, 5.41) is 6.62. The van der Waals surface area contributed by atoms with Crippen molar-refractivity contribution in [3.8, 4) is 0 Å². The number of nitrogens with one attached hydrogen (secondary N) is 3. The number of hydrogen-bond donors (Lipinski definition) is 3. The summed E-state index contributed by atoms with van der Waals surface area (Å²) in [6.07, 6.45) is 3.81. The molecule has 0 radical (unpaired) electrons. The fourth-order valence-electron chi connectivity index (χ4n) is 3.82. The minimum Gasteiger partial charge on any atom is -0.456 e. The molecule has 2 unspecified atom stereocenters. The van der Waals surface area contributed by atoms with Crippen molar-refractivity contribution < 1.29 is 27.5 Å². The molecule has 0 saturated heterocycles. The first kappa shape index (κ1) is 24.7.